The highest BCUT2D eigenvalue weighted by molar-refractivity contribution is 8.04. The van der Waals surface area contributed by atoms with Gasteiger partial charge in [0.1, 0.15) is 11.2 Å². The second-order valence-electron chi connectivity index (χ2n) is 2.76. The van der Waals surface area contributed by atoms with E-state index in [1.54, 1.807) is 7.11 Å². The molecule has 0 radical (unpaired) electrons. The van der Waals surface area contributed by atoms with Crippen LogP contribution in [0.15, 0.2) is 29.3 Å². The molecule has 0 saturated heterocycles. The summed E-state index contributed by atoms with van der Waals surface area (Å²) < 4.78 is 5.12. The molecular formula is C10H8N2OS. The van der Waals surface area contributed by atoms with Gasteiger partial charge in [0.25, 0.3) is 0 Å². The highest BCUT2D eigenvalue weighted by atomic mass is 32.2. The first-order chi connectivity index (χ1) is 6.85. The van der Waals surface area contributed by atoms with Crippen LogP contribution >= 0.6 is 11.8 Å². The molecule has 0 aliphatic heterocycles. The van der Waals surface area contributed by atoms with Crippen molar-refractivity contribution in [3.63, 3.8) is 0 Å². The number of nitriles is 1. The minimum Gasteiger partial charge on any atom is -0.497 e. The molecule has 2 aromatic rings. The fourth-order valence-electron chi connectivity index (χ4n) is 1.33. The van der Waals surface area contributed by atoms with Gasteiger partial charge in [-0.15, -0.1) is 0 Å². The molecule has 14 heavy (non-hydrogen) atoms. The zero-order valence-corrected chi connectivity index (χ0v) is 8.39. The molecule has 0 bridgehead atoms. The van der Waals surface area contributed by atoms with Crippen molar-refractivity contribution in [3.05, 3.63) is 24.4 Å². The number of nitrogens with zero attached hydrogens (tertiary/aromatic N) is 1. The van der Waals surface area contributed by atoms with Gasteiger partial charge in [0.05, 0.1) is 7.11 Å². The van der Waals surface area contributed by atoms with Gasteiger partial charge in [0, 0.05) is 22.0 Å². The predicted molar refractivity (Wildman–Crippen MR) is 56.3 cm³/mol. The zero-order valence-electron chi connectivity index (χ0n) is 7.57. The molecular weight excluding hydrogens is 196 g/mol. The summed E-state index contributed by atoms with van der Waals surface area (Å²) in [5.74, 6) is 0.803. The van der Waals surface area contributed by atoms with Crippen LogP contribution in [0.1, 0.15) is 0 Å². The molecule has 1 aromatic carbocycles. The maximum atomic E-state index is 8.59. The standard InChI is InChI=1S/C10H8N2OS/c1-13-7-2-3-9-8(4-7)10(5-12-9)14-6-11/h2-5,12H,1H3. The van der Waals surface area contributed by atoms with Gasteiger partial charge in [-0.05, 0) is 30.0 Å². The van der Waals surface area contributed by atoms with Crippen LogP contribution in [0.5, 0.6) is 5.75 Å². The van der Waals surface area contributed by atoms with E-state index in [1.165, 1.54) is 0 Å². The molecule has 1 aromatic heterocycles. The number of ether oxygens (including phenoxy) is 1. The highest BCUT2D eigenvalue weighted by Crippen LogP contribution is 2.29. The van der Waals surface area contributed by atoms with Crippen LogP contribution in [0.3, 0.4) is 0 Å². The van der Waals surface area contributed by atoms with Crippen LogP contribution in [0.25, 0.3) is 10.9 Å². The number of aromatic amines is 1. The molecule has 4 heteroatoms. The predicted octanol–water partition coefficient (Wildman–Crippen LogP) is 2.75. The molecule has 3 nitrogen and oxygen atoms in total. The molecule has 0 saturated carbocycles. The Labute approximate surface area is 85.7 Å². The van der Waals surface area contributed by atoms with E-state index in [0.29, 0.717) is 0 Å². The van der Waals surface area contributed by atoms with Gasteiger partial charge in [-0.2, -0.15) is 5.26 Å². The third-order valence-corrected chi connectivity index (χ3v) is 2.66. The lowest BCUT2D eigenvalue weighted by molar-refractivity contribution is 0.415. The lowest BCUT2D eigenvalue weighted by atomic mass is 10.2. The third kappa shape index (κ3) is 1.42. The van der Waals surface area contributed by atoms with Crippen molar-refractivity contribution in [1.29, 1.82) is 5.26 Å². The number of hydrogen-bond acceptors (Lipinski definition) is 3. The molecule has 1 N–H and O–H groups in total. The number of methoxy groups -OCH3 is 1. The number of thioether (sulfide) groups is 1. The molecule has 0 atom stereocenters. The molecule has 2 rings (SSSR count). The SMILES string of the molecule is COc1ccc2[nH]cc(SC#N)c2c1. The Morgan fingerprint density at radius 1 is 1.50 bits per heavy atom. The Hall–Kier alpha value is -1.60. The van der Waals surface area contributed by atoms with Gasteiger partial charge in [-0.1, -0.05) is 0 Å². The Morgan fingerprint density at radius 2 is 2.36 bits per heavy atom. The van der Waals surface area contributed by atoms with Crippen LogP contribution in [-0.2, 0) is 0 Å². The molecule has 0 spiro atoms. The van der Waals surface area contributed by atoms with E-state index < -0.39 is 0 Å². The van der Waals surface area contributed by atoms with Crippen LogP contribution in [0, 0.1) is 10.7 Å². The van der Waals surface area contributed by atoms with Crippen molar-refractivity contribution in [2.75, 3.05) is 7.11 Å². The second kappa shape index (κ2) is 3.64. The largest absolute Gasteiger partial charge is 0.497 e. The van der Waals surface area contributed by atoms with Crippen molar-refractivity contribution < 1.29 is 4.74 Å². The molecule has 0 unspecified atom stereocenters. The number of nitrogens with one attached hydrogen (secondary N) is 1. The molecule has 0 fully saturated rings. The fraction of sp³-hybridized carbons (Fsp3) is 0.100. The van der Waals surface area contributed by atoms with Crippen molar-refractivity contribution in [3.8, 4) is 11.2 Å². The summed E-state index contributed by atoms with van der Waals surface area (Å²) in [6, 6.07) is 5.75. The zero-order chi connectivity index (χ0) is 9.97. The maximum absolute atomic E-state index is 8.59. The highest BCUT2D eigenvalue weighted by Gasteiger charge is 2.04. The van der Waals surface area contributed by atoms with Gasteiger partial charge < -0.3 is 9.72 Å². The first-order valence-corrected chi connectivity index (χ1v) is 4.88. The summed E-state index contributed by atoms with van der Waals surface area (Å²) in [4.78, 5) is 4.03. The van der Waals surface area contributed by atoms with E-state index in [1.807, 2.05) is 24.4 Å². The summed E-state index contributed by atoms with van der Waals surface area (Å²) in [5.41, 5.74) is 1.02. The Morgan fingerprint density at radius 3 is 3.07 bits per heavy atom. The topological polar surface area (TPSA) is 48.8 Å². The normalized spacial score (nSPS) is 10.0. The number of H-pyrrole nitrogens is 1. The first-order valence-electron chi connectivity index (χ1n) is 4.06. The lowest BCUT2D eigenvalue weighted by Crippen LogP contribution is -1.81. The monoisotopic (exact) mass is 204 g/mol. The first kappa shape index (κ1) is 8.97. The van der Waals surface area contributed by atoms with Gasteiger partial charge in [0.2, 0.25) is 0 Å². The van der Waals surface area contributed by atoms with Gasteiger partial charge >= 0.3 is 0 Å². The average molecular weight is 204 g/mol. The summed E-state index contributed by atoms with van der Waals surface area (Å²) in [6.07, 6.45) is 1.83. The summed E-state index contributed by atoms with van der Waals surface area (Å²) >= 11 is 1.15. The van der Waals surface area contributed by atoms with Crippen LogP contribution in [0.2, 0.25) is 0 Å². The third-order valence-electron chi connectivity index (χ3n) is 2.01. The number of thiocyanates is 1. The molecule has 0 aliphatic carbocycles. The van der Waals surface area contributed by atoms with E-state index in [0.717, 1.165) is 33.3 Å². The average Bonchev–Trinajstić information content (AvgIpc) is 2.61. The Kier molecular flexibility index (Phi) is 2.33. The Bertz CT molecular complexity index is 498. The molecule has 1 heterocycles. The minimum absolute atomic E-state index is 0.803. The van der Waals surface area contributed by atoms with E-state index >= 15 is 0 Å². The summed E-state index contributed by atoms with van der Waals surface area (Å²) in [7, 11) is 1.63. The second-order valence-corrected chi connectivity index (χ2v) is 3.58. The maximum Gasteiger partial charge on any atom is 0.138 e. The number of fused-ring (bicyclic) bond motifs is 1. The molecule has 0 aliphatic rings. The van der Waals surface area contributed by atoms with E-state index in [2.05, 4.69) is 10.4 Å². The summed E-state index contributed by atoms with van der Waals surface area (Å²) in [6.45, 7) is 0. The fourth-order valence-corrected chi connectivity index (χ4v) is 1.83. The smallest absolute Gasteiger partial charge is 0.138 e. The minimum atomic E-state index is 0.803. The van der Waals surface area contributed by atoms with Crippen molar-refractivity contribution >= 4 is 22.7 Å². The van der Waals surface area contributed by atoms with Crippen LogP contribution < -0.4 is 4.74 Å². The number of rotatable bonds is 2. The summed E-state index contributed by atoms with van der Waals surface area (Å²) in [5, 5.41) is 11.7. The lowest BCUT2D eigenvalue weighted by Gasteiger charge is -1.99. The van der Waals surface area contributed by atoms with E-state index in [4.69, 9.17) is 10.00 Å². The van der Waals surface area contributed by atoms with Gasteiger partial charge in [0.15, 0.2) is 0 Å². The van der Waals surface area contributed by atoms with Crippen LogP contribution in [0.4, 0.5) is 0 Å². The van der Waals surface area contributed by atoms with Crippen molar-refractivity contribution in [2.45, 2.75) is 4.90 Å². The van der Waals surface area contributed by atoms with Gasteiger partial charge in [-0.25, -0.2) is 0 Å². The van der Waals surface area contributed by atoms with Crippen LogP contribution in [-0.4, -0.2) is 12.1 Å². The number of benzene rings is 1. The number of hydrogen-bond donors (Lipinski definition) is 1. The van der Waals surface area contributed by atoms with E-state index in [9.17, 15) is 0 Å². The quantitative estimate of drug-likeness (QED) is 0.604. The van der Waals surface area contributed by atoms with Gasteiger partial charge in [-0.3, -0.25) is 0 Å². The molecule has 0 amide bonds. The van der Waals surface area contributed by atoms with Crippen molar-refractivity contribution in [1.82, 2.24) is 4.98 Å². The molecule has 70 valence electrons. The van der Waals surface area contributed by atoms with E-state index in [-0.39, 0.29) is 0 Å². The van der Waals surface area contributed by atoms with Crippen molar-refractivity contribution in [2.24, 2.45) is 0 Å². The number of aromatic nitrogens is 1. The Balaban J connectivity index is 2.59.